The van der Waals surface area contributed by atoms with E-state index in [4.69, 9.17) is 4.74 Å². The second kappa shape index (κ2) is 5.36. The molecule has 2 rings (SSSR count). The predicted molar refractivity (Wildman–Crippen MR) is 76.2 cm³/mol. The molecule has 1 aromatic carbocycles. The molecule has 0 atom stereocenters. The highest BCUT2D eigenvalue weighted by Crippen LogP contribution is 2.28. The minimum absolute atomic E-state index is 0.138. The van der Waals surface area contributed by atoms with Gasteiger partial charge in [0.25, 0.3) is 5.56 Å². The van der Waals surface area contributed by atoms with Crippen LogP contribution in [0.4, 0.5) is 0 Å². The van der Waals surface area contributed by atoms with Crippen molar-refractivity contribution in [3.63, 3.8) is 0 Å². The number of nitrogens with zero attached hydrogens (tertiary/aromatic N) is 1. The number of hydrogen-bond acceptors (Lipinski definition) is 4. The van der Waals surface area contributed by atoms with Crippen LogP contribution in [-0.2, 0) is 4.74 Å². The van der Waals surface area contributed by atoms with Crippen LogP contribution in [0.15, 0.2) is 29.1 Å². The Bertz CT molecular complexity index is 716. The number of fused-ring (bicyclic) bond motifs is 1. The van der Waals surface area contributed by atoms with Crippen molar-refractivity contribution >= 4 is 16.9 Å². The van der Waals surface area contributed by atoms with Crippen LogP contribution in [0, 0.1) is 0 Å². The molecule has 1 heterocycles. The molecule has 0 fully saturated rings. The molecule has 0 saturated carbocycles. The van der Waals surface area contributed by atoms with Gasteiger partial charge in [-0.2, -0.15) is 0 Å². The minimum atomic E-state index is -0.796. The van der Waals surface area contributed by atoms with Gasteiger partial charge in [-0.05, 0) is 32.9 Å². The number of rotatable bonds is 3. The number of pyridine rings is 1. The van der Waals surface area contributed by atoms with Crippen LogP contribution in [-0.4, -0.2) is 22.2 Å². The van der Waals surface area contributed by atoms with Crippen molar-refractivity contribution in [2.45, 2.75) is 26.8 Å². The van der Waals surface area contributed by atoms with E-state index in [0.29, 0.717) is 10.9 Å². The second-order valence-electron chi connectivity index (χ2n) is 4.73. The van der Waals surface area contributed by atoms with Crippen LogP contribution in [0.25, 0.3) is 10.9 Å². The average molecular weight is 275 g/mol. The first-order chi connectivity index (χ1) is 9.49. The number of carbonyl (C=O) groups is 1. The molecule has 20 heavy (non-hydrogen) atoms. The van der Waals surface area contributed by atoms with Crippen LogP contribution in [0.1, 0.15) is 37.2 Å². The van der Waals surface area contributed by atoms with Crippen molar-refractivity contribution in [3.8, 4) is 5.75 Å². The molecule has 2 aromatic rings. The fourth-order valence-electron chi connectivity index (χ4n) is 2.25. The lowest BCUT2D eigenvalue weighted by Gasteiger charge is -2.17. The minimum Gasteiger partial charge on any atom is -0.506 e. The van der Waals surface area contributed by atoms with Crippen LogP contribution < -0.4 is 5.56 Å². The van der Waals surface area contributed by atoms with Crippen molar-refractivity contribution in [3.05, 3.63) is 40.2 Å². The van der Waals surface area contributed by atoms with E-state index < -0.39 is 11.5 Å². The highest BCUT2D eigenvalue weighted by Gasteiger charge is 2.23. The van der Waals surface area contributed by atoms with Gasteiger partial charge < -0.3 is 14.4 Å². The Balaban J connectivity index is 2.90. The van der Waals surface area contributed by atoms with Gasteiger partial charge in [0.1, 0.15) is 5.75 Å². The predicted octanol–water partition coefficient (Wildman–Crippen LogP) is 2.46. The first kappa shape index (κ1) is 14.1. The summed E-state index contributed by atoms with van der Waals surface area (Å²) in [4.78, 5) is 24.4. The third-order valence-electron chi connectivity index (χ3n) is 3.08. The van der Waals surface area contributed by atoms with Crippen molar-refractivity contribution in [2.75, 3.05) is 6.61 Å². The van der Waals surface area contributed by atoms with E-state index in [0.717, 1.165) is 0 Å². The van der Waals surface area contributed by atoms with E-state index >= 15 is 0 Å². The van der Waals surface area contributed by atoms with Crippen LogP contribution in [0.2, 0.25) is 0 Å². The topological polar surface area (TPSA) is 68.5 Å². The van der Waals surface area contributed by atoms with Gasteiger partial charge in [0.15, 0.2) is 5.56 Å². The van der Waals surface area contributed by atoms with Crippen molar-refractivity contribution in [1.82, 2.24) is 4.57 Å². The number of hydrogen-bond donors (Lipinski definition) is 1. The van der Waals surface area contributed by atoms with E-state index in [9.17, 15) is 14.7 Å². The fourth-order valence-corrected chi connectivity index (χ4v) is 2.25. The lowest BCUT2D eigenvalue weighted by Crippen LogP contribution is -2.29. The molecule has 5 nitrogen and oxygen atoms in total. The van der Waals surface area contributed by atoms with Crippen LogP contribution in [0.5, 0.6) is 5.75 Å². The maximum absolute atomic E-state index is 12.5. The summed E-state index contributed by atoms with van der Waals surface area (Å²) in [5.41, 5.74) is -0.244. The summed E-state index contributed by atoms with van der Waals surface area (Å²) < 4.78 is 6.35. The zero-order chi connectivity index (χ0) is 14.9. The first-order valence-electron chi connectivity index (χ1n) is 6.52. The third-order valence-corrected chi connectivity index (χ3v) is 3.08. The molecule has 5 heteroatoms. The summed E-state index contributed by atoms with van der Waals surface area (Å²) in [6.07, 6.45) is 0. The maximum Gasteiger partial charge on any atom is 0.347 e. The number of ether oxygens (including phenoxy) is 1. The number of para-hydroxylation sites is 1. The Morgan fingerprint density at radius 3 is 2.60 bits per heavy atom. The molecule has 0 amide bonds. The molecule has 1 N–H and O–H groups in total. The lowest BCUT2D eigenvalue weighted by atomic mass is 10.1. The van der Waals surface area contributed by atoms with Crippen LogP contribution in [0.3, 0.4) is 0 Å². The number of carbonyl (C=O) groups excluding carboxylic acids is 1. The molecule has 0 saturated heterocycles. The van der Waals surface area contributed by atoms with Gasteiger partial charge in [0.05, 0.1) is 12.1 Å². The van der Waals surface area contributed by atoms with Gasteiger partial charge in [-0.15, -0.1) is 0 Å². The largest absolute Gasteiger partial charge is 0.506 e. The molecule has 0 aliphatic heterocycles. The molecule has 0 spiro atoms. The summed E-state index contributed by atoms with van der Waals surface area (Å²) in [5, 5.41) is 10.7. The van der Waals surface area contributed by atoms with E-state index in [1.54, 1.807) is 31.2 Å². The average Bonchev–Trinajstić information content (AvgIpc) is 2.38. The molecule has 0 unspecified atom stereocenters. The Labute approximate surface area is 116 Å². The normalized spacial score (nSPS) is 11.0. The SMILES string of the molecule is CCOC(=O)c1c(O)c2ccccc2n(C(C)C)c1=O. The van der Waals surface area contributed by atoms with Crippen molar-refractivity contribution in [1.29, 1.82) is 0 Å². The monoisotopic (exact) mass is 275 g/mol. The van der Waals surface area contributed by atoms with Gasteiger partial charge in [0.2, 0.25) is 0 Å². The standard InChI is InChI=1S/C15H17NO4/c1-4-20-15(19)12-13(17)10-7-5-6-8-11(10)16(9(2)3)14(12)18/h5-9,17H,4H2,1-3H3. The Kier molecular flexibility index (Phi) is 3.79. The fraction of sp³-hybridized carbons (Fsp3) is 0.333. The van der Waals surface area contributed by atoms with Gasteiger partial charge in [0, 0.05) is 11.4 Å². The maximum atomic E-state index is 12.5. The molecule has 1 aromatic heterocycles. The second-order valence-corrected chi connectivity index (χ2v) is 4.73. The Morgan fingerprint density at radius 1 is 1.35 bits per heavy atom. The molecule has 0 bridgehead atoms. The van der Waals surface area contributed by atoms with E-state index in [1.807, 2.05) is 13.8 Å². The molecular formula is C15H17NO4. The summed E-state index contributed by atoms with van der Waals surface area (Å²) in [5.74, 6) is -1.11. The van der Waals surface area contributed by atoms with E-state index in [-0.39, 0.29) is 24.0 Å². The van der Waals surface area contributed by atoms with Crippen molar-refractivity contribution in [2.24, 2.45) is 0 Å². The smallest absolute Gasteiger partial charge is 0.347 e. The lowest BCUT2D eigenvalue weighted by molar-refractivity contribution is 0.0520. The molecule has 0 radical (unpaired) electrons. The zero-order valence-electron chi connectivity index (χ0n) is 11.7. The summed E-state index contributed by atoms with van der Waals surface area (Å²) in [6, 6.07) is 6.80. The van der Waals surface area contributed by atoms with E-state index in [1.165, 1.54) is 4.57 Å². The van der Waals surface area contributed by atoms with E-state index in [2.05, 4.69) is 0 Å². The first-order valence-corrected chi connectivity index (χ1v) is 6.52. The van der Waals surface area contributed by atoms with Crippen LogP contribution >= 0.6 is 0 Å². The summed E-state index contributed by atoms with van der Waals surface area (Å²) in [7, 11) is 0. The van der Waals surface area contributed by atoms with Gasteiger partial charge in [-0.1, -0.05) is 12.1 Å². The summed E-state index contributed by atoms with van der Waals surface area (Å²) in [6.45, 7) is 5.49. The quantitative estimate of drug-likeness (QED) is 0.874. The molecule has 106 valence electrons. The summed E-state index contributed by atoms with van der Waals surface area (Å²) >= 11 is 0. The highest BCUT2D eigenvalue weighted by molar-refractivity contribution is 5.99. The highest BCUT2D eigenvalue weighted by atomic mass is 16.5. The van der Waals surface area contributed by atoms with Gasteiger partial charge >= 0.3 is 5.97 Å². The van der Waals surface area contributed by atoms with Crippen molar-refractivity contribution < 1.29 is 14.6 Å². The molecule has 0 aliphatic carbocycles. The number of esters is 1. The number of benzene rings is 1. The Morgan fingerprint density at radius 2 is 2.00 bits per heavy atom. The molecule has 0 aliphatic rings. The number of aromatic hydroxyl groups is 1. The Hall–Kier alpha value is -2.30. The zero-order valence-corrected chi connectivity index (χ0v) is 11.7. The molecular weight excluding hydrogens is 258 g/mol. The number of aromatic nitrogens is 1. The van der Waals surface area contributed by atoms with Gasteiger partial charge in [-0.3, -0.25) is 4.79 Å². The third kappa shape index (κ3) is 2.15. The van der Waals surface area contributed by atoms with Gasteiger partial charge in [-0.25, -0.2) is 4.79 Å².